The van der Waals surface area contributed by atoms with E-state index < -0.39 is 5.97 Å². The van der Waals surface area contributed by atoms with Crippen molar-refractivity contribution in [1.29, 1.82) is 0 Å². The zero-order valence-electron chi connectivity index (χ0n) is 14.1. The average Bonchev–Trinajstić information content (AvgIpc) is 3.26. The second-order valence-electron chi connectivity index (χ2n) is 6.45. The molecule has 1 aliphatic rings. The molecule has 0 amide bonds. The molecule has 8 heteroatoms. The van der Waals surface area contributed by atoms with Gasteiger partial charge in [0.15, 0.2) is 10.7 Å². The van der Waals surface area contributed by atoms with Gasteiger partial charge in [-0.1, -0.05) is 6.92 Å². The number of aromatic nitrogens is 4. The van der Waals surface area contributed by atoms with Crippen molar-refractivity contribution in [2.24, 2.45) is 0 Å². The third kappa shape index (κ3) is 3.07. The van der Waals surface area contributed by atoms with Crippen LogP contribution in [0.15, 0.2) is 17.8 Å². The Hall–Kier alpha value is -2.19. The molecule has 4 rings (SSSR count). The van der Waals surface area contributed by atoms with Crippen molar-refractivity contribution in [2.75, 3.05) is 0 Å². The Balaban J connectivity index is 1.48. The first-order chi connectivity index (χ1) is 12.2. The SMILES string of the molecule is CCCn1nc(C(=O)O)c2c1CCC(NCc1cn3ccsc3n1)C2. The number of aromatic carboxylic acids is 1. The van der Waals surface area contributed by atoms with Gasteiger partial charge < -0.3 is 10.4 Å². The molecular weight excluding hydrogens is 338 g/mol. The van der Waals surface area contributed by atoms with Crippen molar-refractivity contribution >= 4 is 22.3 Å². The molecule has 2 N–H and O–H groups in total. The first-order valence-corrected chi connectivity index (χ1v) is 9.50. The Morgan fingerprint density at radius 1 is 1.52 bits per heavy atom. The van der Waals surface area contributed by atoms with Crippen LogP contribution >= 0.6 is 11.3 Å². The summed E-state index contributed by atoms with van der Waals surface area (Å²) < 4.78 is 3.91. The molecule has 132 valence electrons. The number of rotatable bonds is 6. The summed E-state index contributed by atoms with van der Waals surface area (Å²) >= 11 is 1.62. The fourth-order valence-electron chi connectivity index (χ4n) is 3.54. The average molecular weight is 359 g/mol. The molecule has 0 saturated heterocycles. The molecule has 1 atom stereocenters. The van der Waals surface area contributed by atoms with Gasteiger partial charge in [-0.3, -0.25) is 9.08 Å². The molecule has 25 heavy (non-hydrogen) atoms. The highest BCUT2D eigenvalue weighted by Gasteiger charge is 2.28. The van der Waals surface area contributed by atoms with E-state index in [1.54, 1.807) is 11.3 Å². The summed E-state index contributed by atoms with van der Waals surface area (Å²) in [6, 6.07) is 0.254. The van der Waals surface area contributed by atoms with Crippen LogP contribution in [0.1, 0.15) is 47.2 Å². The molecule has 1 unspecified atom stereocenters. The van der Waals surface area contributed by atoms with Gasteiger partial charge in [-0.2, -0.15) is 5.10 Å². The highest BCUT2D eigenvalue weighted by molar-refractivity contribution is 7.15. The first kappa shape index (κ1) is 16.3. The third-order valence-electron chi connectivity index (χ3n) is 4.70. The van der Waals surface area contributed by atoms with Gasteiger partial charge >= 0.3 is 5.97 Å². The van der Waals surface area contributed by atoms with E-state index in [-0.39, 0.29) is 11.7 Å². The Labute approximate surface area is 149 Å². The summed E-state index contributed by atoms with van der Waals surface area (Å²) in [5, 5.41) is 19.3. The van der Waals surface area contributed by atoms with E-state index in [0.29, 0.717) is 13.0 Å². The van der Waals surface area contributed by atoms with E-state index in [9.17, 15) is 9.90 Å². The minimum absolute atomic E-state index is 0.220. The number of aryl methyl sites for hydroxylation is 1. The van der Waals surface area contributed by atoms with E-state index >= 15 is 0 Å². The van der Waals surface area contributed by atoms with E-state index in [4.69, 9.17) is 0 Å². The van der Waals surface area contributed by atoms with Gasteiger partial charge in [0.25, 0.3) is 0 Å². The molecule has 7 nitrogen and oxygen atoms in total. The Kier molecular flexibility index (Phi) is 4.30. The van der Waals surface area contributed by atoms with Crippen molar-refractivity contribution < 1.29 is 9.90 Å². The molecule has 0 spiro atoms. The van der Waals surface area contributed by atoms with E-state index in [0.717, 1.165) is 47.7 Å². The number of carboxylic acid groups (broad SMARTS) is 1. The molecule has 0 radical (unpaired) electrons. The van der Waals surface area contributed by atoms with E-state index in [1.807, 2.05) is 26.9 Å². The lowest BCUT2D eigenvalue weighted by atomic mass is 9.91. The smallest absolute Gasteiger partial charge is 0.356 e. The zero-order valence-corrected chi connectivity index (χ0v) is 14.9. The topological polar surface area (TPSA) is 84.5 Å². The molecule has 0 aliphatic heterocycles. The van der Waals surface area contributed by atoms with Crippen molar-refractivity contribution in [2.45, 2.75) is 51.7 Å². The van der Waals surface area contributed by atoms with E-state index in [2.05, 4.69) is 22.3 Å². The van der Waals surface area contributed by atoms with Crippen molar-refractivity contribution in [3.8, 4) is 0 Å². The number of hydrogen-bond acceptors (Lipinski definition) is 5. The van der Waals surface area contributed by atoms with Gasteiger partial charge in [-0.25, -0.2) is 9.78 Å². The van der Waals surface area contributed by atoms with Crippen LogP contribution in [-0.4, -0.2) is 36.3 Å². The lowest BCUT2D eigenvalue weighted by molar-refractivity contribution is 0.0688. The van der Waals surface area contributed by atoms with Gasteiger partial charge in [0.1, 0.15) is 0 Å². The standard InChI is InChI=1S/C17H21N5O2S/c1-2-5-22-14-4-3-11(8-13(14)15(20-22)16(23)24)18-9-12-10-21-6-7-25-17(21)19-12/h6-7,10-11,18H,2-5,8-9H2,1H3,(H,23,24). The molecule has 1 aliphatic carbocycles. The van der Waals surface area contributed by atoms with Crippen molar-refractivity contribution in [3.05, 3.63) is 40.4 Å². The zero-order chi connectivity index (χ0) is 17.4. The van der Waals surface area contributed by atoms with Crippen LogP contribution in [0.25, 0.3) is 4.96 Å². The van der Waals surface area contributed by atoms with Gasteiger partial charge in [0.05, 0.1) is 5.69 Å². The molecular formula is C17H21N5O2S. The van der Waals surface area contributed by atoms with Gasteiger partial charge in [-0.05, 0) is 25.7 Å². The Bertz CT molecular complexity index is 881. The molecule has 0 aromatic carbocycles. The van der Waals surface area contributed by atoms with Crippen molar-refractivity contribution in [3.63, 3.8) is 0 Å². The lowest BCUT2D eigenvalue weighted by Gasteiger charge is -2.24. The van der Waals surface area contributed by atoms with Crippen LogP contribution in [0.4, 0.5) is 0 Å². The number of nitrogens with zero attached hydrogens (tertiary/aromatic N) is 4. The van der Waals surface area contributed by atoms with Crippen LogP contribution in [-0.2, 0) is 25.9 Å². The largest absolute Gasteiger partial charge is 0.476 e. The van der Waals surface area contributed by atoms with Gasteiger partial charge in [0.2, 0.25) is 0 Å². The fraction of sp³-hybridized carbons (Fsp3) is 0.471. The monoisotopic (exact) mass is 359 g/mol. The maximum absolute atomic E-state index is 11.5. The highest BCUT2D eigenvalue weighted by atomic mass is 32.1. The summed E-state index contributed by atoms with van der Waals surface area (Å²) in [6.45, 7) is 3.55. The fourth-order valence-corrected chi connectivity index (χ4v) is 4.26. The van der Waals surface area contributed by atoms with Crippen LogP contribution < -0.4 is 5.32 Å². The summed E-state index contributed by atoms with van der Waals surface area (Å²) in [7, 11) is 0. The predicted molar refractivity (Wildman–Crippen MR) is 95.2 cm³/mol. The van der Waals surface area contributed by atoms with Crippen LogP contribution in [0.2, 0.25) is 0 Å². The minimum atomic E-state index is -0.930. The van der Waals surface area contributed by atoms with Crippen molar-refractivity contribution in [1.82, 2.24) is 24.5 Å². The minimum Gasteiger partial charge on any atom is -0.476 e. The summed E-state index contributed by atoms with van der Waals surface area (Å²) in [5.74, 6) is -0.930. The summed E-state index contributed by atoms with van der Waals surface area (Å²) in [6.07, 6.45) is 7.56. The maximum Gasteiger partial charge on any atom is 0.356 e. The predicted octanol–water partition coefficient (Wildman–Crippen LogP) is 2.35. The number of imidazole rings is 1. The highest BCUT2D eigenvalue weighted by Crippen LogP contribution is 2.25. The molecule has 3 heterocycles. The van der Waals surface area contributed by atoms with Crippen LogP contribution in [0.3, 0.4) is 0 Å². The Morgan fingerprint density at radius 3 is 3.16 bits per heavy atom. The first-order valence-electron chi connectivity index (χ1n) is 8.62. The quantitative estimate of drug-likeness (QED) is 0.706. The second kappa shape index (κ2) is 6.61. The molecule has 3 aromatic heterocycles. The molecule has 0 fully saturated rings. The molecule has 3 aromatic rings. The lowest BCUT2D eigenvalue weighted by Crippen LogP contribution is -2.35. The second-order valence-corrected chi connectivity index (χ2v) is 7.32. The number of nitrogens with one attached hydrogen (secondary N) is 1. The number of thiazole rings is 1. The molecule has 0 bridgehead atoms. The number of carboxylic acids is 1. The normalized spacial score (nSPS) is 17.1. The number of carbonyl (C=O) groups is 1. The third-order valence-corrected chi connectivity index (χ3v) is 5.47. The van der Waals surface area contributed by atoms with Crippen LogP contribution in [0, 0.1) is 0 Å². The van der Waals surface area contributed by atoms with Gasteiger partial charge in [-0.15, -0.1) is 11.3 Å². The number of hydrogen-bond donors (Lipinski definition) is 2. The summed E-state index contributed by atoms with van der Waals surface area (Å²) in [5.41, 5.74) is 3.23. The molecule has 0 saturated carbocycles. The maximum atomic E-state index is 11.5. The summed E-state index contributed by atoms with van der Waals surface area (Å²) in [4.78, 5) is 17.1. The number of fused-ring (bicyclic) bond motifs is 2. The van der Waals surface area contributed by atoms with Gasteiger partial charge in [0, 0.05) is 48.2 Å². The Morgan fingerprint density at radius 2 is 2.40 bits per heavy atom. The van der Waals surface area contributed by atoms with Crippen LogP contribution in [0.5, 0.6) is 0 Å². The van der Waals surface area contributed by atoms with E-state index in [1.165, 1.54) is 0 Å².